The molecule has 2 rings (SSSR count). The van der Waals surface area contributed by atoms with Crippen molar-refractivity contribution in [1.29, 1.82) is 0 Å². The lowest BCUT2D eigenvalue weighted by molar-refractivity contribution is -0.117. The summed E-state index contributed by atoms with van der Waals surface area (Å²) in [5.74, 6) is -0.00547. The summed E-state index contributed by atoms with van der Waals surface area (Å²) in [6.07, 6.45) is 3.13. The number of anilines is 1. The standard InChI is InChI=1S/C18H26N2O3/c1-18(2,13-21)9-5-10-19-17(23)14-6-3-7-15(12-14)20-11-4-8-16(20)22/h3,6-7,12,21H,4-5,8-11,13H2,1-2H3,(H,19,23). The molecule has 5 heteroatoms. The molecule has 0 bridgehead atoms. The van der Waals surface area contributed by atoms with Crippen molar-refractivity contribution in [3.05, 3.63) is 29.8 Å². The predicted molar refractivity (Wildman–Crippen MR) is 90.5 cm³/mol. The fraction of sp³-hybridized carbons (Fsp3) is 0.556. The Hall–Kier alpha value is -1.88. The first kappa shape index (κ1) is 17.5. The first-order chi connectivity index (χ1) is 10.9. The summed E-state index contributed by atoms with van der Waals surface area (Å²) >= 11 is 0. The number of aliphatic hydroxyl groups excluding tert-OH is 1. The molecule has 126 valence electrons. The van der Waals surface area contributed by atoms with E-state index in [1.807, 2.05) is 26.0 Å². The first-order valence-electron chi connectivity index (χ1n) is 8.22. The first-order valence-corrected chi connectivity index (χ1v) is 8.22. The van der Waals surface area contributed by atoms with E-state index in [9.17, 15) is 14.7 Å². The second-order valence-corrected chi connectivity index (χ2v) is 6.88. The topological polar surface area (TPSA) is 69.6 Å². The van der Waals surface area contributed by atoms with Gasteiger partial charge in [-0.15, -0.1) is 0 Å². The average Bonchev–Trinajstić information content (AvgIpc) is 2.97. The molecule has 0 unspecified atom stereocenters. The predicted octanol–water partition coefficient (Wildman–Crippen LogP) is 2.34. The van der Waals surface area contributed by atoms with Gasteiger partial charge in [0.05, 0.1) is 0 Å². The van der Waals surface area contributed by atoms with Crippen molar-refractivity contribution in [2.24, 2.45) is 5.41 Å². The van der Waals surface area contributed by atoms with Gasteiger partial charge in [-0.1, -0.05) is 19.9 Å². The van der Waals surface area contributed by atoms with Crippen LogP contribution in [0.15, 0.2) is 24.3 Å². The van der Waals surface area contributed by atoms with Gasteiger partial charge in [-0.3, -0.25) is 9.59 Å². The molecule has 5 nitrogen and oxygen atoms in total. The second kappa shape index (κ2) is 7.59. The lowest BCUT2D eigenvalue weighted by atomic mass is 9.89. The van der Waals surface area contributed by atoms with Crippen molar-refractivity contribution in [2.75, 3.05) is 24.6 Å². The van der Waals surface area contributed by atoms with Gasteiger partial charge in [-0.25, -0.2) is 0 Å². The Morgan fingerprint density at radius 1 is 1.39 bits per heavy atom. The average molecular weight is 318 g/mol. The van der Waals surface area contributed by atoms with E-state index in [1.54, 1.807) is 17.0 Å². The summed E-state index contributed by atoms with van der Waals surface area (Å²) in [7, 11) is 0. The number of benzene rings is 1. The van der Waals surface area contributed by atoms with Crippen molar-refractivity contribution in [2.45, 2.75) is 39.5 Å². The maximum absolute atomic E-state index is 12.2. The number of nitrogens with zero attached hydrogens (tertiary/aromatic N) is 1. The number of hydrogen-bond acceptors (Lipinski definition) is 3. The van der Waals surface area contributed by atoms with Gasteiger partial charge >= 0.3 is 0 Å². The lowest BCUT2D eigenvalue weighted by Crippen LogP contribution is -2.27. The maximum atomic E-state index is 12.2. The minimum atomic E-state index is -0.125. The van der Waals surface area contributed by atoms with E-state index in [0.717, 1.165) is 31.5 Å². The molecule has 1 aromatic rings. The van der Waals surface area contributed by atoms with Crippen LogP contribution in [0.4, 0.5) is 5.69 Å². The third-order valence-electron chi connectivity index (χ3n) is 4.24. The summed E-state index contributed by atoms with van der Waals surface area (Å²) in [5.41, 5.74) is 1.26. The number of amides is 2. The molecule has 1 saturated heterocycles. The van der Waals surface area contributed by atoms with Gasteiger partial charge in [0.1, 0.15) is 0 Å². The number of rotatable bonds is 7. The molecule has 1 heterocycles. The molecule has 1 aromatic carbocycles. The van der Waals surface area contributed by atoms with E-state index in [4.69, 9.17) is 0 Å². The molecule has 23 heavy (non-hydrogen) atoms. The fourth-order valence-electron chi connectivity index (χ4n) is 2.69. The molecule has 1 fully saturated rings. The molecule has 0 aliphatic carbocycles. The maximum Gasteiger partial charge on any atom is 0.251 e. The van der Waals surface area contributed by atoms with Gasteiger partial charge in [0, 0.05) is 37.4 Å². The molecule has 0 radical (unpaired) electrons. The van der Waals surface area contributed by atoms with Gasteiger partial charge in [0.15, 0.2) is 0 Å². The lowest BCUT2D eigenvalue weighted by Gasteiger charge is -2.21. The second-order valence-electron chi connectivity index (χ2n) is 6.88. The molecule has 2 N–H and O–H groups in total. The minimum absolute atomic E-state index is 0.110. The molecule has 0 saturated carbocycles. The number of nitrogens with one attached hydrogen (secondary N) is 1. The van der Waals surface area contributed by atoms with Gasteiger partial charge in [0.2, 0.25) is 5.91 Å². The SMILES string of the molecule is CC(C)(CO)CCCNC(=O)c1cccc(N2CCCC2=O)c1. The molecule has 0 atom stereocenters. The van der Waals surface area contributed by atoms with Crippen LogP contribution in [-0.4, -0.2) is 36.6 Å². The fourth-order valence-corrected chi connectivity index (χ4v) is 2.69. The summed E-state index contributed by atoms with van der Waals surface area (Å²) in [5, 5.41) is 12.1. The highest BCUT2D eigenvalue weighted by Crippen LogP contribution is 2.22. The van der Waals surface area contributed by atoms with Crippen molar-refractivity contribution in [1.82, 2.24) is 5.32 Å². The molecule has 1 aliphatic heterocycles. The summed E-state index contributed by atoms with van der Waals surface area (Å²) < 4.78 is 0. The van der Waals surface area contributed by atoms with Crippen LogP contribution in [0.25, 0.3) is 0 Å². The van der Waals surface area contributed by atoms with E-state index in [2.05, 4.69) is 5.32 Å². The third kappa shape index (κ3) is 4.79. The highest BCUT2D eigenvalue weighted by Gasteiger charge is 2.22. The van der Waals surface area contributed by atoms with Gasteiger partial charge in [-0.2, -0.15) is 0 Å². The van der Waals surface area contributed by atoms with Gasteiger partial charge in [-0.05, 0) is 42.9 Å². The Morgan fingerprint density at radius 3 is 2.83 bits per heavy atom. The molecule has 2 amide bonds. The molecular weight excluding hydrogens is 292 g/mol. The monoisotopic (exact) mass is 318 g/mol. The number of carbonyl (C=O) groups excluding carboxylic acids is 2. The quantitative estimate of drug-likeness (QED) is 0.758. The Bertz CT molecular complexity index is 569. The zero-order chi connectivity index (χ0) is 16.9. The van der Waals surface area contributed by atoms with E-state index < -0.39 is 0 Å². The number of aliphatic hydroxyl groups is 1. The smallest absolute Gasteiger partial charge is 0.251 e. The van der Waals surface area contributed by atoms with Crippen LogP contribution in [0.1, 0.15) is 49.9 Å². The van der Waals surface area contributed by atoms with E-state index in [1.165, 1.54) is 0 Å². The summed E-state index contributed by atoms with van der Waals surface area (Å²) in [6.45, 7) is 5.46. The van der Waals surface area contributed by atoms with Gasteiger partial charge < -0.3 is 15.3 Å². The third-order valence-corrected chi connectivity index (χ3v) is 4.24. The minimum Gasteiger partial charge on any atom is -0.396 e. The normalized spacial score (nSPS) is 15.1. The van der Waals surface area contributed by atoms with Crippen LogP contribution >= 0.6 is 0 Å². The molecule has 0 aromatic heterocycles. The number of hydrogen-bond donors (Lipinski definition) is 2. The van der Waals surface area contributed by atoms with Crippen molar-refractivity contribution < 1.29 is 14.7 Å². The Morgan fingerprint density at radius 2 is 2.17 bits per heavy atom. The summed E-state index contributed by atoms with van der Waals surface area (Å²) in [4.78, 5) is 25.8. The van der Waals surface area contributed by atoms with Crippen LogP contribution in [0, 0.1) is 5.41 Å². The van der Waals surface area contributed by atoms with Crippen LogP contribution in [-0.2, 0) is 4.79 Å². The molecule has 0 spiro atoms. The Balaban J connectivity index is 1.89. The van der Waals surface area contributed by atoms with Crippen molar-refractivity contribution in [3.8, 4) is 0 Å². The van der Waals surface area contributed by atoms with Gasteiger partial charge in [0.25, 0.3) is 5.91 Å². The van der Waals surface area contributed by atoms with Crippen molar-refractivity contribution >= 4 is 17.5 Å². The highest BCUT2D eigenvalue weighted by atomic mass is 16.3. The van der Waals surface area contributed by atoms with Crippen LogP contribution in [0.3, 0.4) is 0 Å². The Labute approximate surface area is 137 Å². The largest absolute Gasteiger partial charge is 0.396 e. The van der Waals surface area contributed by atoms with E-state index >= 15 is 0 Å². The molecule has 1 aliphatic rings. The van der Waals surface area contributed by atoms with E-state index in [-0.39, 0.29) is 23.8 Å². The number of carbonyl (C=O) groups is 2. The zero-order valence-electron chi connectivity index (χ0n) is 14.0. The van der Waals surface area contributed by atoms with Crippen molar-refractivity contribution in [3.63, 3.8) is 0 Å². The highest BCUT2D eigenvalue weighted by molar-refractivity contribution is 5.99. The Kier molecular flexibility index (Phi) is 5.77. The zero-order valence-corrected chi connectivity index (χ0v) is 14.0. The molecular formula is C18H26N2O3. The summed E-state index contributed by atoms with van der Waals surface area (Å²) in [6, 6.07) is 7.21. The van der Waals surface area contributed by atoms with Crippen LogP contribution < -0.4 is 10.2 Å². The van der Waals surface area contributed by atoms with Crippen LogP contribution in [0.5, 0.6) is 0 Å². The van der Waals surface area contributed by atoms with E-state index in [0.29, 0.717) is 18.5 Å². The van der Waals surface area contributed by atoms with Crippen LogP contribution in [0.2, 0.25) is 0 Å².